The molecule has 1 aliphatic rings. The van der Waals surface area contributed by atoms with Crippen molar-refractivity contribution in [2.75, 3.05) is 19.6 Å². The lowest BCUT2D eigenvalue weighted by Crippen LogP contribution is -2.54. The van der Waals surface area contributed by atoms with E-state index in [2.05, 4.69) is 5.32 Å². The number of piperazine rings is 1. The first-order valence-electron chi connectivity index (χ1n) is 4.00. The second kappa shape index (κ2) is 3.53. The molecule has 1 heterocycles. The van der Waals surface area contributed by atoms with Crippen LogP contribution >= 0.6 is 0 Å². The van der Waals surface area contributed by atoms with E-state index in [0.29, 0.717) is 6.54 Å². The van der Waals surface area contributed by atoms with Crippen molar-refractivity contribution in [2.24, 2.45) is 0 Å². The number of rotatable bonds is 0. The average molecular weight is 196 g/mol. The van der Waals surface area contributed by atoms with Crippen LogP contribution in [0.4, 0.5) is 13.2 Å². The van der Waals surface area contributed by atoms with Crippen LogP contribution in [-0.2, 0) is 4.79 Å². The normalized spacial score (nSPS) is 24.6. The van der Waals surface area contributed by atoms with E-state index < -0.39 is 12.1 Å². The predicted octanol–water partition coefficient (Wildman–Crippen LogP) is 0.369. The van der Waals surface area contributed by atoms with Crippen molar-refractivity contribution < 1.29 is 18.0 Å². The molecule has 0 unspecified atom stereocenters. The van der Waals surface area contributed by atoms with E-state index in [-0.39, 0.29) is 19.1 Å². The highest BCUT2D eigenvalue weighted by Gasteiger charge is 2.43. The lowest BCUT2D eigenvalue weighted by molar-refractivity contribution is -0.186. The van der Waals surface area contributed by atoms with Gasteiger partial charge in [0, 0.05) is 25.7 Å². The summed E-state index contributed by atoms with van der Waals surface area (Å²) >= 11 is 0. The summed E-state index contributed by atoms with van der Waals surface area (Å²) in [7, 11) is 0. The lowest BCUT2D eigenvalue weighted by atomic mass is 10.2. The minimum Gasteiger partial charge on any atom is -0.332 e. The highest BCUT2D eigenvalue weighted by atomic mass is 19.4. The van der Waals surface area contributed by atoms with Gasteiger partial charge < -0.3 is 10.2 Å². The van der Waals surface area contributed by atoms with Crippen LogP contribution in [0, 0.1) is 0 Å². The quantitative estimate of drug-likeness (QED) is 0.607. The van der Waals surface area contributed by atoms with E-state index in [9.17, 15) is 18.0 Å². The second-order valence-corrected chi connectivity index (χ2v) is 3.10. The molecule has 1 N–H and O–H groups in total. The molecule has 0 aromatic carbocycles. The zero-order valence-electron chi connectivity index (χ0n) is 7.19. The molecule has 0 bridgehead atoms. The van der Waals surface area contributed by atoms with Crippen LogP contribution in [0.25, 0.3) is 0 Å². The molecular weight excluding hydrogens is 185 g/mol. The van der Waals surface area contributed by atoms with Crippen molar-refractivity contribution in [2.45, 2.75) is 19.1 Å². The Morgan fingerprint density at radius 2 is 2.15 bits per heavy atom. The molecule has 13 heavy (non-hydrogen) atoms. The van der Waals surface area contributed by atoms with Gasteiger partial charge in [0.05, 0.1) is 0 Å². The van der Waals surface area contributed by atoms with E-state index >= 15 is 0 Å². The molecule has 6 heteroatoms. The van der Waals surface area contributed by atoms with Gasteiger partial charge in [-0.2, -0.15) is 13.2 Å². The van der Waals surface area contributed by atoms with Crippen LogP contribution in [-0.4, -0.2) is 42.7 Å². The Bertz CT molecular complexity index is 204. The molecule has 1 fully saturated rings. The fourth-order valence-electron chi connectivity index (χ4n) is 1.30. The smallest absolute Gasteiger partial charge is 0.332 e. The summed E-state index contributed by atoms with van der Waals surface area (Å²) in [6.07, 6.45) is -4.74. The van der Waals surface area contributed by atoms with Crippen LogP contribution in [0.2, 0.25) is 0 Å². The second-order valence-electron chi connectivity index (χ2n) is 3.10. The minimum atomic E-state index is -4.74. The molecule has 0 aromatic rings. The molecule has 0 spiro atoms. The predicted molar refractivity (Wildman–Crippen MR) is 40.1 cm³/mol. The average Bonchev–Trinajstić information content (AvgIpc) is 2.01. The van der Waals surface area contributed by atoms with Crippen LogP contribution in [0.1, 0.15) is 6.92 Å². The van der Waals surface area contributed by atoms with E-state index in [1.807, 2.05) is 0 Å². The third kappa shape index (κ3) is 2.58. The molecule has 0 aromatic heterocycles. The minimum absolute atomic E-state index is 0.0694. The summed E-state index contributed by atoms with van der Waals surface area (Å²) in [6, 6.07) is -0.0694. The largest absolute Gasteiger partial charge is 0.471 e. The maximum atomic E-state index is 11.9. The van der Waals surface area contributed by atoms with Crippen LogP contribution in [0.5, 0.6) is 0 Å². The first-order chi connectivity index (χ1) is 5.91. The Hall–Kier alpha value is -0.780. The van der Waals surface area contributed by atoms with Crippen LogP contribution in [0.15, 0.2) is 0 Å². The number of alkyl halides is 3. The lowest BCUT2D eigenvalue weighted by Gasteiger charge is -2.32. The molecule has 1 saturated heterocycles. The molecule has 1 rings (SSSR count). The zero-order valence-corrected chi connectivity index (χ0v) is 7.19. The number of halogens is 3. The molecule has 76 valence electrons. The van der Waals surface area contributed by atoms with Gasteiger partial charge in [0.15, 0.2) is 0 Å². The molecule has 0 saturated carbocycles. The number of carbonyl (C=O) groups excluding carboxylic acids is 1. The van der Waals surface area contributed by atoms with Gasteiger partial charge in [-0.05, 0) is 6.92 Å². The Labute approximate surface area is 73.9 Å². The maximum Gasteiger partial charge on any atom is 0.471 e. The van der Waals surface area contributed by atoms with E-state index in [0.717, 1.165) is 4.90 Å². The fourth-order valence-corrected chi connectivity index (χ4v) is 1.30. The summed E-state index contributed by atoms with van der Waals surface area (Å²) in [5, 5.41) is 2.96. The Morgan fingerprint density at radius 1 is 1.54 bits per heavy atom. The molecule has 0 aliphatic carbocycles. The van der Waals surface area contributed by atoms with Gasteiger partial charge in [0.2, 0.25) is 0 Å². The molecular formula is C7H11F3N2O. The van der Waals surface area contributed by atoms with Gasteiger partial charge in [0.25, 0.3) is 0 Å². The fraction of sp³-hybridized carbons (Fsp3) is 0.857. The van der Waals surface area contributed by atoms with Crippen LogP contribution < -0.4 is 5.32 Å². The van der Waals surface area contributed by atoms with Crippen molar-refractivity contribution in [1.29, 1.82) is 0 Å². The summed E-state index contributed by atoms with van der Waals surface area (Å²) in [5.41, 5.74) is 0. The number of nitrogens with one attached hydrogen (secondary N) is 1. The monoisotopic (exact) mass is 196 g/mol. The Kier molecular flexibility index (Phi) is 2.80. The van der Waals surface area contributed by atoms with Crippen molar-refractivity contribution in [3.63, 3.8) is 0 Å². The number of nitrogens with zero attached hydrogens (tertiary/aromatic N) is 1. The molecule has 1 atom stereocenters. The van der Waals surface area contributed by atoms with E-state index in [1.165, 1.54) is 0 Å². The molecule has 1 aliphatic heterocycles. The molecule has 1 amide bonds. The van der Waals surface area contributed by atoms with E-state index in [1.54, 1.807) is 6.92 Å². The van der Waals surface area contributed by atoms with Gasteiger partial charge >= 0.3 is 12.1 Å². The third-order valence-electron chi connectivity index (χ3n) is 1.90. The molecule has 0 radical (unpaired) electrons. The third-order valence-corrected chi connectivity index (χ3v) is 1.90. The van der Waals surface area contributed by atoms with Gasteiger partial charge in [0.1, 0.15) is 0 Å². The molecule has 3 nitrogen and oxygen atoms in total. The van der Waals surface area contributed by atoms with Gasteiger partial charge in [-0.3, -0.25) is 4.79 Å². The van der Waals surface area contributed by atoms with Gasteiger partial charge in [-0.15, -0.1) is 0 Å². The number of carbonyl (C=O) groups is 1. The standard InChI is InChI=1S/C7H11F3N2O/c1-5-4-12(3-2-11-5)6(13)7(8,9)10/h5,11H,2-4H2,1H3/t5-/m0/s1. The Balaban J connectivity index is 2.56. The number of hydrogen-bond acceptors (Lipinski definition) is 2. The number of hydrogen-bond donors (Lipinski definition) is 1. The summed E-state index contributed by atoms with van der Waals surface area (Å²) < 4.78 is 35.8. The highest BCUT2D eigenvalue weighted by molar-refractivity contribution is 5.82. The van der Waals surface area contributed by atoms with Gasteiger partial charge in [-0.1, -0.05) is 0 Å². The summed E-state index contributed by atoms with van der Waals surface area (Å²) in [6.45, 7) is 2.42. The Morgan fingerprint density at radius 3 is 2.62 bits per heavy atom. The van der Waals surface area contributed by atoms with Crippen molar-refractivity contribution in [3.05, 3.63) is 0 Å². The highest BCUT2D eigenvalue weighted by Crippen LogP contribution is 2.19. The number of amides is 1. The maximum absolute atomic E-state index is 11.9. The van der Waals surface area contributed by atoms with Gasteiger partial charge in [-0.25, -0.2) is 0 Å². The van der Waals surface area contributed by atoms with Crippen molar-refractivity contribution in [1.82, 2.24) is 10.2 Å². The summed E-state index contributed by atoms with van der Waals surface area (Å²) in [5.74, 6) is -1.74. The SMILES string of the molecule is C[C@H]1CN(C(=O)C(F)(F)F)CCN1. The first-order valence-corrected chi connectivity index (χ1v) is 4.00. The summed E-state index contributed by atoms with van der Waals surface area (Å²) in [4.78, 5) is 11.6. The topological polar surface area (TPSA) is 32.3 Å². The first kappa shape index (κ1) is 10.3. The zero-order chi connectivity index (χ0) is 10.1. The van der Waals surface area contributed by atoms with Crippen LogP contribution in [0.3, 0.4) is 0 Å². The van der Waals surface area contributed by atoms with Crippen molar-refractivity contribution in [3.8, 4) is 0 Å². The van der Waals surface area contributed by atoms with Crippen molar-refractivity contribution >= 4 is 5.91 Å². The van der Waals surface area contributed by atoms with E-state index in [4.69, 9.17) is 0 Å².